The largest absolute Gasteiger partial charge is 0.395 e. The molecular weight excluding hydrogens is 357 g/mol. The summed E-state index contributed by atoms with van der Waals surface area (Å²) in [5.41, 5.74) is 0.851. The summed E-state index contributed by atoms with van der Waals surface area (Å²) in [6.07, 6.45) is 2.22. The third-order valence-electron chi connectivity index (χ3n) is 3.44. The van der Waals surface area contributed by atoms with Crippen molar-refractivity contribution in [1.82, 2.24) is 9.88 Å². The van der Waals surface area contributed by atoms with Gasteiger partial charge in [-0.05, 0) is 41.6 Å². The molecule has 0 aromatic carbocycles. The van der Waals surface area contributed by atoms with Gasteiger partial charge in [-0.25, -0.2) is 4.98 Å². The van der Waals surface area contributed by atoms with Gasteiger partial charge in [0.15, 0.2) is 0 Å². The summed E-state index contributed by atoms with van der Waals surface area (Å²) >= 11 is 2.15. The lowest BCUT2D eigenvalue weighted by molar-refractivity contribution is -0.118. The van der Waals surface area contributed by atoms with Crippen molar-refractivity contribution < 1.29 is 9.90 Å². The number of halogens is 1. The van der Waals surface area contributed by atoms with E-state index in [-0.39, 0.29) is 18.6 Å². The fourth-order valence-corrected chi connectivity index (χ4v) is 2.52. The SMILES string of the molecule is C[C@@H](CO)N1CCC(=O)N(c2ccc(I)nc2)CC1. The molecule has 6 heteroatoms. The molecule has 2 heterocycles. The minimum atomic E-state index is 0.0996. The van der Waals surface area contributed by atoms with Crippen molar-refractivity contribution in [2.75, 3.05) is 31.1 Å². The molecule has 0 radical (unpaired) electrons. The van der Waals surface area contributed by atoms with Crippen molar-refractivity contribution in [3.8, 4) is 0 Å². The Balaban J connectivity index is 2.10. The molecule has 0 aliphatic carbocycles. The number of hydrogen-bond acceptors (Lipinski definition) is 4. The Bertz CT molecular complexity index is 438. The van der Waals surface area contributed by atoms with Crippen LogP contribution < -0.4 is 4.90 Å². The highest BCUT2D eigenvalue weighted by Crippen LogP contribution is 2.18. The molecule has 1 aromatic rings. The van der Waals surface area contributed by atoms with E-state index in [2.05, 4.69) is 32.5 Å². The molecule has 1 atom stereocenters. The van der Waals surface area contributed by atoms with E-state index in [0.29, 0.717) is 19.5 Å². The van der Waals surface area contributed by atoms with Crippen LogP contribution >= 0.6 is 22.6 Å². The van der Waals surface area contributed by atoms with Gasteiger partial charge >= 0.3 is 0 Å². The lowest BCUT2D eigenvalue weighted by atomic mass is 10.3. The van der Waals surface area contributed by atoms with Crippen LogP contribution in [0.5, 0.6) is 0 Å². The average molecular weight is 375 g/mol. The summed E-state index contributed by atoms with van der Waals surface area (Å²) in [6.45, 7) is 4.23. The number of aliphatic hydroxyl groups is 1. The zero-order valence-electron chi connectivity index (χ0n) is 10.9. The number of amides is 1. The van der Waals surface area contributed by atoms with Crippen molar-refractivity contribution in [3.05, 3.63) is 22.0 Å². The van der Waals surface area contributed by atoms with Gasteiger partial charge in [0.05, 0.1) is 18.5 Å². The highest BCUT2D eigenvalue weighted by Gasteiger charge is 2.24. The maximum absolute atomic E-state index is 12.2. The van der Waals surface area contributed by atoms with E-state index in [1.807, 2.05) is 19.1 Å². The molecule has 1 aliphatic heterocycles. The van der Waals surface area contributed by atoms with Crippen LogP contribution in [0.3, 0.4) is 0 Å². The van der Waals surface area contributed by atoms with Gasteiger partial charge in [-0.15, -0.1) is 0 Å². The van der Waals surface area contributed by atoms with Crippen LogP contribution in [0.4, 0.5) is 5.69 Å². The second-order valence-corrected chi connectivity index (χ2v) is 5.81. The molecule has 1 N–H and O–H groups in total. The Labute approximate surface area is 126 Å². The smallest absolute Gasteiger partial charge is 0.228 e. The summed E-state index contributed by atoms with van der Waals surface area (Å²) in [4.78, 5) is 20.3. The van der Waals surface area contributed by atoms with Gasteiger partial charge in [0.1, 0.15) is 3.70 Å². The molecule has 19 heavy (non-hydrogen) atoms. The molecule has 5 nitrogen and oxygen atoms in total. The number of aliphatic hydroxyl groups excluding tert-OH is 1. The van der Waals surface area contributed by atoms with Gasteiger partial charge in [-0.1, -0.05) is 0 Å². The van der Waals surface area contributed by atoms with Crippen LogP contribution in [-0.4, -0.2) is 53.2 Å². The number of pyridine rings is 1. The van der Waals surface area contributed by atoms with Crippen molar-refractivity contribution in [1.29, 1.82) is 0 Å². The maximum atomic E-state index is 12.2. The fraction of sp³-hybridized carbons (Fsp3) is 0.538. The van der Waals surface area contributed by atoms with Gasteiger partial charge in [0.2, 0.25) is 5.91 Å². The normalized spacial score (nSPS) is 19.3. The zero-order valence-corrected chi connectivity index (χ0v) is 13.1. The predicted octanol–water partition coefficient (Wildman–Crippen LogP) is 1.11. The first-order valence-electron chi connectivity index (χ1n) is 6.38. The fourth-order valence-electron chi connectivity index (χ4n) is 2.20. The molecule has 104 valence electrons. The number of carbonyl (C=O) groups excluding carboxylic acids is 1. The van der Waals surface area contributed by atoms with Crippen molar-refractivity contribution in [3.63, 3.8) is 0 Å². The van der Waals surface area contributed by atoms with Crippen LogP contribution in [-0.2, 0) is 4.79 Å². The van der Waals surface area contributed by atoms with E-state index < -0.39 is 0 Å². The van der Waals surface area contributed by atoms with Crippen molar-refractivity contribution in [2.24, 2.45) is 0 Å². The summed E-state index contributed by atoms with van der Waals surface area (Å²) in [5.74, 6) is 0.121. The number of aromatic nitrogens is 1. The third kappa shape index (κ3) is 3.64. The molecule has 1 aliphatic rings. The molecule has 0 unspecified atom stereocenters. The minimum Gasteiger partial charge on any atom is -0.395 e. The van der Waals surface area contributed by atoms with E-state index in [1.165, 1.54) is 0 Å². The molecule has 1 amide bonds. The summed E-state index contributed by atoms with van der Waals surface area (Å²) < 4.78 is 0.916. The molecule has 2 rings (SSSR count). The molecule has 1 aromatic heterocycles. The van der Waals surface area contributed by atoms with Gasteiger partial charge in [-0.2, -0.15) is 0 Å². The summed E-state index contributed by atoms with van der Waals surface area (Å²) in [7, 11) is 0. The van der Waals surface area contributed by atoms with Gasteiger partial charge < -0.3 is 10.0 Å². The number of anilines is 1. The van der Waals surface area contributed by atoms with Gasteiger partial charge in [0.25, 0.3) is 0 Å². The van der Waals surface area contributed by atoms with Crippen LogP contribution in [0.2, 0.25) is 0 Å². The van der Waals surface area contributed by atoms with Crippen LogP contribution in [0.1, 0.15) is 13.3 Å². The topological polar surface area (TPSA) is 56.7 Å². The molecular formula is C13H18IN3O2. The Kier molecular flexibility index (Phi) is 5.12. The van der Waals surface area contributed by atoms with Crippen molar-refractivity contribution >= 4 is 34.2 Å². The lowest BCUT2D eigenvalue weighted by Crippen LogP contribution is -2.38. The predicted molar refractivity (Wildman–Crippen MR) is 82.0 cm³/mol. The Morgan fingerprint density at radius 2 is 2.21 bits per heavy atom. The number of hydrogen-bond donors (Lipinski definition) is 1. The molecule has 0 bridgehead atoms. The number of rotatable bonds is 3. The molecule has 0 saturated carbocycles. The standard InChI is InChI=1S/C13H18IN3O2/c1-10(9-18)16-5-4-13(19)17(7-6-16)11-2-3-12(14)15-8-11/h2-3,8,10,18H,4-7,9H2,1H3/t10-/m0/s1. The quantitative estimate of drug-likeness (QED) is 0.635. The minimum absolute atomic E-state index is 0.0996. The van der Waals surface area contributed by atoms with Crippen LogP contribution in [0, 0.1) is 3.70 Å². The van der Waals surface area contributed by atoms with E-state index in [0.717, 1.165) is 15.9 Å². The Morgan fingerprint density at radius 1 is 1.42 bits per heavy atom. The monoisotopic (exact) mass is 375 g/mol. The highest BCUT2D eigenvalue weighted by atomic mass is 127. The first-order valence-corrected chi connectivity index (χ1v) is 7.46. The second-order valence-electron chi connectivity index (χ2n) is 4.70. The average Bonchev–Trinajstić information content (AvgIpc) is 2.61. The number of nitrogens with zero attached hydrogens (tertiary/aromatic N) is 3. The van der Waals surface area contributed by atoms with Crippen LogP contribution in [0.25, 0.3) is 0 Å². The third-order valence-corrected chi connectivity index (χ3v) is 4.07. The summed E-state index contributed by atoms with van der Waals surface area (Å²) in [6, 6.07) is 3.93. The molecule has 1 saturated heterocycles. The van der Waals surface area contributed by atoms with Crippen LogP contribution in [0.15, 0.2) is 18.3 Å². The Hall–Kier alpha value is -0.730. The van der Waals surface area contributed by atoms with Gasteiger partial charge in [-0.3, -0.25) is 9.69 Å². The Morgan fingerprint density at radius 3 is 2.84 bits per heavy atom. The van der Waals surface area contributed by atoms with E-state index in [9.17, 15) is 9.90 Å². The zero-order chi connectivity index (χ0) is 13.8. The van der Waals surface area contributed by atoms with Gasteiger partial charge in [0, 0.05) is 32.1 Å². The molecule has 1 fully saturated rings. The lowest BCUT2D eigenvalue weighted by Gasteiger charge is -2.26. The second kappa shape index (κ2) is 6.62. The maximum Gasteiger partial charge on any atom is 0.228 e. The van der Waals surface area contributed by atoms with Crippen molar-refractivity contribution in [2.45, 2.75) is 19.4 Å². The first-order chi connectivity index (χ1) is 9.11. The number of carbonyl (C=O) groups is 1. The van der Waals surface area contributed by atoms with E-state index in [1.54, 1.807) is 11.1 Å². The molecule has 0 spiro atoms. The van der Waals surface area contributed by atoms with E-state index in [4.69, 9.17) is 0 Å². The summed E-state index contributed by atoms with van der Waals surface area (Å²) in [5, 5.41) is 9.21. The first kappa shape index (κ1) is 14.7. The van der Waals surface area contributed by atoms with E-state index >= 15 is 0 Å². The highest BCUT2D eigenvalue weighted by molar-refractivity contribution is 14.1.